The van der Waals surface area contributed by atoms with Crippen LogP contribution >= 0.6 is 0 Å². The standard InChI is InChI=1S/C16H22FNO3/c1-12-10-13(5-6-15(12)17)16(19)18-7-3-8-20-11-14-4-2-9-21-14/h5-6,10,14H,2-4,7-9,11H2,1H3,(H,18,19). The van der Waals surface area contributed by atoms with Gasteiger partial charge in [0.15, 0.2) is 0 Å². The molecule has 4 nitrogen and oxygen atoms in total. The van der Waals surface area contributed by atoms with Crippen molar-refractivity contribution in [1.29, 1.82) is 0 Å². The third-order valence-corrected chi connectivity index (χ3v) is 3.50. The predicted molar refractivity (Wildman–Crippen MR) is 77.9 cm³/mol. The molecule has 1 aromatic carbocycles. The molecule has 0 radical (unpaired) electrons. The van der Waals surface area contributed by atoms with Crippen molar-refractivity contribution in [3.63, 3.8) is 0 Å². The number of rotatable bonds is 7. The van der Waals surface area contributed by atoms with Gasteiger partial charge < -0.3 is 14.8 Å². The fourth-order valence-electron chi connectivity index (χ4n) is 2.25. The molecule has 1 aromatic rings. The van der Waals surface area contributed by atoms with E-state index in [2.05, 4.69) is 5.32 Å². The lowest BCUT2D eigenvalue weighted by Crippen LogP contribution is -2.25. The summed E-state index contributed by atoms with van der Waals surface area (Å²) in [5.41, 5.74) is 0.955. The van der Waals surface area contributed by atoms with E-state index in [1.54, 1.807) is 13.0 Å². The lowest BCUT2D eigenvalue weighted by Gasteiger charge is -2.10. The quantitative estimate of drug-likeness (QED) is 0.786. The van der Waals surface area contributed by atoms with E-state index in [9.17, 15) is 9.18 Å². The van der Waals surface area contributed by atoms with Gasteiger partial charge in [0, 0.05) is 25.3 Å². The number of nitrogens with one attached hydrogen (secondary N) is 1. The van der Waals surface area contributed by atoms with E-state index in [4.69, 9.17) is 9.47 Å². The average Bonchev–Trinajstić information content (AvgIpc) is 2.98. The van der Waals surface area contributed by atoms with Crippen LogP contribution in [0.2, 0.25) is 0 Å². The molecule has 21 heavy (non-hydrogen) atoms. The minimum atomic E-state index is -0.297. The molecule has 1 aliphatic heterocycles. The lowest BCUT2D eigenvalue weighted by molar-refractivity contribution is 0.0166. The minimum absolute atomic E-state index is 0.183. The van der Waals surface area contributed by atoms with Crippen molar-refractivity contribution in [2.75, 3.05) is 26.4 Å². The van der Waals surface area contributed by atoms with Crippen molar-refractivity contribution >= 4 is 5.91 Å². The SMILES string of the molecule is Cc1cc(C(=O)NCCCOCC2CCCO2)ccc1F. The van der Waals surface area contributed by atoms with E-state index in [1.807, 2.05) is 0 Å². The Kier molecular flexibility index (Phi) is 6.14. The minimum Gasteiger partial charge on any atom is -0.379 e. The van der Waals surface area contributed by atoms with Gasteiger partial charge in [0.25, 0.3) is 5.91 Å². The first-order valence-corrected chi connectivity index (χ1v) is 7.40. The Morgan fingerprint density at radius 1 is 1.52 bits per heavy atom. The van der Waals surface area contributed by atoms with E-state index >= 15 is 0 Å². The Labute approximate surface area is 124 Å². The second-order valence-electron chi connectivity index (χ2n) is 5.28. The zero-order chi connectivity index (χ0) is 15.1. The Morgan fingerprint density at radius 2 is 2.38 bits per heavy atom. The van der Waals surface area contributed by atoms with Gasteiger partial charge in [0.2, 0.25) is 0 Å². The summed E-state index contributed by atoms with van der Waals surface area (Å²) in [5, 5.41) is 2.80. The Hall–Kier alpha value is -1.46. The zero-order valence-electron chi connectivity index (χ0n) is 12.4. The second-order valence-corrected chi connectivity index (χ2v) is 5.28. The molecular formula is C16H22FNO3. The summed E-state index contributed by atoms with van der Waals surface area (Å²) in [6.07, 6.45) is 3.17. The number of aryl methyl sites for hydroxylation is 1. The van der Waals surface area contributed by atoms with Crippen molar-refractivity contribution < 1.29 is 18.7 Å². The molecule has 5 heteroatoms. The van der Waals surface area contributed by atoms with Gasteiger partial charge in [-0.3, -0.25) is 4.79 Å². The van der Waals surface area contributed by atoms with Gasteiger partial charge in [-0.2, -0.15) is 0 Å². The highest BCUT2D eigenvalue weighted by atomic mass is 19.1. The van der Waals surface area contributed by atoms with Crippen molar-refractivity contribution in [3.8, 4) is 0 Å². The first-order chi connectivity index (χ1) is 10.2. The summed E-state index contributed by atoms with van der Waals surface area (Å²) in [7, 11) is 0. The Balaban J connectivity index is 1.59. The van der Waals surface area contributed by atoms with Crippen LogP contribution in [0.5, 0.6) is 0 Å². The number of hydrogen-bond acceptors (Lipinski definition) is 3. The van der Waals surface area contributed by atoms with Gasteiger partial charge in [-0.1, -0.05) is 0 Å². The van der Waals surface area contributed by atoms with Crippen LogP contribution in [0.4, 0.5) is 4.39 Å². The maximum atomic E-state index is 13.1. The fraction of sp³-hybridized carbons (Fsp3) is 0.562. The number of hydrogen-bond donors (Lipinski definition) is 1. The topological polar surface area (TPSA) is 47.6 Å². The Bertz CT molecular complexity index is 473. The van der Waals surface area contributed by atoms with Crippen LogP contribution in [-0.4, -0.2) is 38.4 Å². The smallest absolute Gasteiger partial charge is 0.251 e. The molecule has 0 aliphatic carbocycles. The summed E-state index contributed by atoms with van der Waals surface area (Å²) in [6.45, 7) is 4.25. The van der Waals surface area contributed by atoms with Crippen molar-refractivity contribution in [2.24, 2.45) is 0 Å². The molecule has 1 atom stereocenters. The summed E-state index contributed by atoms with van der Waals surface area (Å²) >= 11 is 0. The molecule has 0 saturated carbocycles. The van der Waals surface area contributed by atoms with Gasteiger partial charge in [0.1, 0.15) is 5.82 Å². The van der Waals surface area contributed by atoms with Crippen LogP contribution in [0.3, 0.4) is 0 Å². The van der Waals surface area contributed by atoms with Crippen LogP contribution in [0.1, 0.15) is 35.2 Å². The fourth-order valence-corrected chi connectivity index (χ4v) is 2.25. The highest BCUT2D eigenvalue weighted by Gasteiger charge is 2.15. The van der Waals surface area contributed by atoms with Gasteiger partial charge in [-0.25, -0.2) is 4.39 Å². The van der Waals surface area contributed by atoms with Crippen molar-refractivity contribution in [2.45, 2.75) is 32.3 Å². The van der Waals surface area contributed by atoms with E-state index in [1.165, 1.54) is 12.1 Å². The van der Waals surface area contributed by atoms with Gasteiger partial charge in [0.05, 0.1) is 12.7 Å². The van der Waals surface area contributed by atoms with Crippen LogP contribution < -0.4 is 5.32 Å². The molecular weight excluding hydrogens is 273 g/mol. The first-order valence-electron chi connectivity index (χ1n) is 7.40. The molecule has 1 saturated heterocycles. The molecule has 1 fully saturated rings. The second kappa shape index (κ2) is 8.10. The van der Waals surface area contributed by atoms with Crippen LogP contribution in [0, 0.1) is 12.7 Å². The van der Waals surface area contributed by atoms with E-state index < -0.39 is 0 Å². The molecule has 116 valence electrons. The molecule has 2 rings (SSSR count). The molecule has 0 bridgehead atoms. The molecule has 1 aliphatic rings. The molecule has 1 amide bonds. The normalized spacial score (nSPS) is 17.9. The molecule has 1 N–H and O–H groups in total. The highest BCUT2D eigenvalue weighted by molar-refractivity contribution is 5.94. The summed E-state index contributed by atoms with van der Waals surface area (Å²) < 4.78 is 24.1. The third-order valence-electron chi connectivity index (χ3n) is 3.50. The van der Waals surface area contributed by atoms with Gasteiger partial charge in [-0.05, 0) is 49.9 Å². The van der Waals surface area contributed by atoms with Crippen molar-refractivity contribution in [1.82, 2.24) is 5.32 Å². The molecule has 0 spiro atoms. The largest absolute Gasteiger partial charge is 0.379 e. The first kappa shape index (κ1) is 15.9. The van der Waals surface area contributed by atoms with Crippen LogP contribution in [0.25, 0.3) is 0 Å². The summed E-state index contributed by atoms with van der Waals surface area (Å²) in [5.74, 6) is -0.480. The zero-order valence-corrected chi connectivity index (χ0v) is 12.4. The monoisotopic (exact) mass is 295 g/mol. The number of amides is 1. The van der Waals surface area contributed by atoms with Crippen LogP contribution in [0.15, 0.2) is 18.2 Å². The Morgan fingerprint density at radius 3 is 3.10 bits per heavy atom. The summed E-state index contributed by atoms with van der Waals surface area (Å²) in [6, 6.07) is 4.36. The molecule has 1 unspecified atom stereocenters. The number of halogens is 1. The molecule has 1 heterocycles. The van der Waals surface area contributed by atoms with E-state index in [0.29, 0.717) is 30.9 Å². The van der Waals surface area contributed by atoms with E-state index in [0.717, 1.165) is 25.9 Å². The summed E-state index contributed by atoms with van der Waals surface area (Å²) in [4.78, 5) is 11.9. The maximum absolute atomic E-state index is 13.1. The average molecular weight is 295 g/mol. The maximum Gasteiger partial charge on any atom is 0.251 e. The number of carbonyl (C=O) groups excluding carboxylic acids is 1. The number of carbonyl (C=O) groups is 1. The van der Waals surface area contributed by atoms with Crippen molar-refractivity contribution in [3.05, 3.63) is 35.1 Å². The number of ether oxygens (including phenoxy) is 2. The highest BCUT2D eigenvalue weighted by Crippen LogP contribution is 2.12. The van der Waals surface area contributed by atoms with Gasteiger partial charge >= 0.3 is 0 Å². The van der Waals surface area contributed by atoms with E-state index in [-0.39, 0.29) is 17.8 Å². The van der Waals surface area contributed by atoms with Gasteiger partial charge in [-0.15, -0.1) is 0 Å². The predicted octanol–water partition coefficient (Wildman–Crippen LogP) is 2.45. The third kappa shape index (κ3) is 5.10. The molecule has 0 aromatic heterocycles. The van der Waals surface area contributed by atoms with Crippen LogP contribution in [-0.2, 0) is 9.47 Å². The lowest BCUT2D eigenvalue weighted by atomic mass is 10.1. The number of benzene rings is 1.